The van der Waals surface area contributed by atoms with Crippen molar-refractivity contribution in [2.24, 2.45) is 0 Å². The predicted molar refractivity (Wildman–Crippen MR) is 85.7 cm³/mol. The summed E-state index contributed by atoms with van der Waals surface area (Å²) in [6.07, 6.45) is 3.75. The van der Waals surface area contributed by atoms with Crippen LogP contribution in [0.15, 0.2) is 24.3 Å². The second-order valence-electron chi connectivity index (χ2n) is 5.08. The topological polar surface area (TPSA) is 58.4 Å². The van der Waals surface area contributed by atoms with E-state index < -0.39 is 0 Å². The Bertz CT molecular complexity index is 400. The lowest BCUT2D eigenvalue weighted by molar-refractivity contribution is -0.116. The summed E-state index contributed by atoms with van der Waals surface area (Å²) in [6.45, 7) is 7.59. The number of hydrogen-bond acceptors (Lipinski definition) is 3. The number of anilines is 2. The van der Waals surface area contributed by atoms with Gasteiger partial charge in [-0.25, -0.2) is 0 Å². The van der Waals surface area contributed by atoms with Crippen LogP contribution in [-0.4, -0.2) is 30.4 Å². The summed E-state index contributed by atoms with van der Waals surface area (Å²) >= 11 is 0. The molecule has 0 aliphatic heterocycles. The number of benzene rings is 1. The Kier molecular flexibility index (Phi) is 7.73. The molecular formula is C16H27N3O. The van der Waals surface area contributed by atoms with E-state index in [2.05, 4.69) is 24.1 Å². The van der Waals surface area contributed by atoms with Crippen molar-refractivity contribution in [2.45, 2.75) is 39.5 Å². The Morgan fingerprint density at radius 2 is 1.80 bits per heavy atom. The summed E-state index contributed by atoms with van der Waals surface area (Å²) in [7, 11) is 0. The molecule has 3 N–H and O–H groups in total. The number of nitrogen functional groups attached to an aromatic ring is 1. The first-order valence-electron chi connectivity index (χ1n) is 7.54. The van der Waals surface area contributed by atoms with Gasteiger partial charge in [-0.05, 0) is 51.0 Å². The number of nitrogens with one attached hydrogen (secondary N) is 1. The van der Waals surface area contributed by atoms with Crippen LogP contribution in [0.1, 0.15) is 39.5 Å². The summed E-state index contributed by atoms with van der Waals surface area (Å²) in [5.74, 6) is 0.0378. The SMILES string of the molecule is CCCN(CCC)CCCC(=O)Nc1ccccc1N. The lowest BCUT2D eigenvalue weighted by Gasteiger charge is -2.20. The molecule has 4 nitrogen and oxygen atoms in total. The molecule has 0 saturated carbocycles. The zero-order valence-corrected chi connectivity index (χ0v) is 12.7. The van der Waals surface area contributed by atoms with Crippen molar-refractivity contribution in [3.05, 3.63) is 24.3 Å². The van der Waals surface area contributed by atoms with Crippen molar-refractivity contribution in [3.8, 4) is 0 Å². The van der Waals surface area contributed by atoms with Crippen molar-refractivity contribution in [2.75, 3.05) is 30.7 Å². The summed E-state index contributed by atoms with van der Waals surface area (Å²) < 4.78 is 0. The highest BCUT2D eigenvalue weighted by Gasteiger charge is 2.07. The Hall–Kier alpha value is -1.55. The standard InChI is InChI=1S/C16H27N3O/c1-3-11-19(12-4-2)13-7-10-16(20)18-15-9-6-5-8-14(15)17/h5-6,8-9H,3-4,7,10-13,17H2,1-2H3,(H,18,20). The molecule has 0 aliphatic carbocycles. The molecule has 0 aliphatic rings. The van der Waals surface area contributed by atoms with Crippen LogP contribution >= 0.6 is 0 Å². The first-order chi connectivity index (χ1) is 9.67. The Morgan fingerprint density at radius 3 is 2.40 bits per heavy atom. The second kappa shape index (κ2) is 9.37. The van der Waals surface area contributed by atoms with E-state index in [0.717, 1.165) is 38.9 Å². The highest BCUT2D eigenvalue weighted by atomic mass is 16.1. The fraction of sp³-hybridized carbons (Fsp3) is 0.562. The minimum absolute atomic E-state index is 0.0378. The normalized spacial score (nSPS) is 10.8. The van der Waals surface area contributed by atoms with Crippen LogP contribution in [0.4, 0.5) is 11.4 Å². The molecule has 0 heterocycles. The summed E-state index contributed by atoms with van der Waals surface area (Å²) in [5, 5.41) is 2.87. The molecule has 20 heavy (non-hydrogen) atoms. The van der Waals surface area contributed by atoms with Gasteiger partial charge in [-0.2, -0.15) is 0 Å². The van der Waals surface area contributed by atoms with E-state index >= 15 is 0 Å². The minimum atomic E-state index is 0.0378. The zero-order chi connectivity index (χ0) is 14.8. The van der Waals surface area contributed by atoms with Crippen LogP contribution in [0.3, 0.4) is 0 Å². The van der Waals surface area contributed by atoms with Gasteiger partial charge in [0.25, 0.3) is 0 Å². The van der Waals surface area contributed by atoms with E-state index in [0.29, 0.717) is 17.8 Å². The van der Waals surface area contributed by atoms with Crippen LogP contribution in [0.2, 0.25) is 0 Å². The average molecular weight is 277 g/mol. The van der Waals surface area contributed by atoms with Crippen molar-refractivity contribution in [1.29, 1.82) is 0 Å². The maximum absolute atomic E-state index is 11.9. The van der Waals surface area contributed by atoms with Gasteiger partial charge in [-0.15, -0.1) is 0 Å². The number of hydrogen-bond donors (Lipinski definition) is 2. The van der Waals surface area contributed by atoms with Crippen LogP contribution < -0.4 is 11.1 Å². The van der Waals surface area contributed by atoms with Gasteiger partial charge in [0.05, 0.1) is 11.4 Å². The molecule has 0 atom stereocenters. The summed E-state index contributed by atoms with van der Waals surface area (Å²) in [5.41, 5.74) is 7.12. The van der Waals surface area contributed by atoms with Gasteiger partial charge in [0.1, 0.15) is 0 Å². The summed E-state index contributed by atoms with van der Waals surface area (Å²) in [6, 6.07) is 7.35. The second-order valence-corrected chi connectivity index (χ2v) is 5.08. The minimum Gasteiger partial charge on any atom is -0.397 e. The molecule has 0 aromatic heterocycles. The van der Waals surface area contributed by atoms with Gasteiger partial charge in [-0.3, -0.25) is 4.79 Å². The number of para-hydroxylation sites is 2. The van der Waals surface area contributed by atoms with Gasteiger partial charge in [0.15, 0.2) is 0 Å². The van der Waals surface area contributed by atoms with E-state index in [1.807, 2.05) is 18.2 Å². The van der Waals surface area contributed by atoms with E-state index in [-0.39, 0.29) is 5.91 Å². The molecule has 0 radical (unpaired) electrons. The quantitative estimate of drug-likeness (QED) is 0.682. The lowest BCUT2D eigenvalue weighted by atomic mass is 10.2. The van der Waals surface area contributed by atoms with Crippen LogP contribution in [0.5, 0.6) is 0 Å². The first kappa shape index (κ1) is 16.5. The number of nitrogens with two attached hydrogens (primary N) is 1. The third-order valence-corrected chi connectivity index (χ3v) is 3.19. The molecule has 0 fully saturated rings. The first-order valence-corrected chi connectivity index (χ1v) is 7.54. The van der Waals surface area contributed by atoms with Gasteiger partial charge < -0.3 is 16.0 Å². The van der Waals surface area contributed by atoms with Crippen LogP contribution in [0.25, 0.3) is 0 Å². The maximum Gasteiger partial charge on any atom is 0.224 e. The van der Waals surface area contributed by atoms with Gasteiger partial charge in [0, 0.05) is 6.42 Å². The number of nitrogens with zero attached hydrogens (tertiary/aromatic N) is 1. The Balaban J connectivity index is 2.31. The van der Waals surface area contributed by atoms with Gasteiger partial charge >= 0.3 is 0 Å². The molecule has 112 valence electrons. The fourth-order valence-corrected chi connectivity index (χ4v) is 2.25. The average Bonchev–Trinajstić information content (AvgIpc) is 2.42. The highest BCUT2D eigenvalue weighted by molar-refractivity contribution is 5.93. The van der Waals surface area contributed by atoms with E-state index in [4.69, 9.17) is 5.73 Å². The molecule has 0 saturated heterocycles. The van der Waals surface area contributed by atoms with Gasteiger partial charge in [-0.1, -0.05) is 26.0 Å². The third kappa shape index (κ3) is 6.06. The molecule has 1 rings (SSSR count). The van der Waals surface area contributed by atoms with E-state index in [1.54, 1.807) is 6.07 Å². The molecule has 0 spiro atoms. The molecule has 1 aromatic rings. The molecule has 4 heteroatoms. The van der Waals surface area contributed by atoms with Crippen LogP contribution in [-0.2, 0) is 4.79 Å². The molecular weight excluding hydrogens is 250 g/mol. The van der Waals surface area contributed by atoms with Crippen molar-refractivity contribution in [3.63, 3.8) is 0 Å². The third-order valence-electron chi connectivity index (χ3n) is 3.19. The molecule has 0 unspecified atom stereocenters. The highest BCUT2D eigenvalue weighted by Crippen LogP contribution is 2.16. The largest absolute Gasteiger partial charge is 0.397 e. The van der Waals surface area contributed by atoms with Crippen molar-refractivity contribution >= 4 is 17.3 Å². The molecule has 0 bridgehead atoms. The van der Waals surface area contributed by atoms with Crippen molar-refractivity contribution < 1.29 is 4.79 Å². The molecule has 1 aromatic carbocycles. The Morgan fingerprint density at radius 1 is 1.15 bits per heavy atom. The Labute approximate surface area is 122 Å². The van der Waals surface area contributed by atoms with E-state index in [9.17, 15) is 4.79 Å². The fourth-order valence-electron chi connectivity index (χ4n) is 2.25. The van der Waals surface area contributed by atoms with Crippen LogP contribution in [0, 0.1) is 0 Å². The number of carbonyl (C=O) groups excluding carboxylic acids is 1. The maximum atomic E-state index is 11.9. The monoisotopic (exact) mass is 277 g/mol. The summed E-state index contributed by atoms with van der Waals surface area (Å²) in [4.78, 5) is 14.3. The van der Waals surface area contributed by atoms with Crippen molar-refractivity contribution in [1.82, 2.24) is 4.90 Å². The van der Waals surface area contributed by atoms with Gasteiger partial charge in [0.2, 0.25) is 5.91 Å². The smallest absolute Gasteiger partial charge is 0.224 e. The molecule has 1 amide bonds. The predicted octanol–water partition coefficient (Wildman–Crippen LogP) is 3.11. The zero-order valence-electron chi connectivity index (χ0n) is 12.7. The van der Waals surface area contributed by atoms with E-state index in [1.165, 1.54) is 0 Å². The number of carbonyl (C=O) groups is 1. The lowest BCUT2D eigenvalue weighted by Crippen LogP contribution is -2.27. The number of rotatable bonds is 9. The number of amides is 1.